The van der Waals surface area contributed by atoms with Gasteiger partial charge in [-0.3, -0.25) is 0 Å². The maximum absolute atomic E-state index is 12.4. The van der Waals surface area contributed by atoms with Gasteiger partial charge in [0, 0.05) is 18.1 Å². The molecular formula is C18H21ClN2O4S. The number of hydrogen-bond acceptors (Lipinski definition) is 4. The third-order valence-corrected chi connectivity index (χ3v) is 4.90. The van der Waals surface area contributed by atoms with Crippen molar-refractivity contribution in [1.82, 2.24) is 5.32 Å². The van der Waals surface area contributed by atoms with Crippen LogP contribution >= 0.6 is 11.6 Å². The summed E-state index contributed by atoms with van der Waals surface area (Å²) in [7, 11) is -3.94. The van der Waals surface area contributed by atoms with Crippen LogP contribution in [0.2, 0.25) is 0 Å². The topological polar surface area (TPSA) is 84.5 Å². The third kappa shape index (κ3) is 5.93. The van der Waals surface area contributed by atoms with Crippen LogP contribution in [-0.4, -0.2) is 26.9 Å². The highest BCUT2D eigenvalue weighted by Gasteiger charge is 2.16. The second kappa shape index (κ2) is 9.45. The van der Waals surface area contributed by atoms with Gasteiger partial charge in [0.1, 0.15) is 10.6 Å². The number of benzene rings is 2. The number of alkyl halides is 1. The lowest BCUT2D eigenvalue weighted by Crippen LogP contribution is -2.30. The first-order chi connectivity index (χ1) is 12.4. The monoisotopic (exact) mass is 396 g/mol. The van der Waals surface area contributed by atoms with Gasteiger partial charge in [-0.2, -0.15) is 8.42 Å². The Morgan fingerprint density at radius 2 is 1.73 bits per heavy atom. The Labute approximate surface area is 158 Å². The Bertz CT molecular complexity index is 821. The molecule has 0 saturated heterocycles. The molecule has 0 bridgehead atoms. The molecule has 0 unspecified atom stereocenters. The van der Waals surface area contributed by atoms with E-state index in [2.05, 4.69) is 17.6 Å². The first-order valence-electron chi connectivity index (χ1n) is 8.19. The van der Waals surface area contributed by atoms with E-state index in [9.17, 15) is 13.2 Å². The van der Waals surface area contributed by atoms with Crippen molar-refractivity contribution in [1.29, 1.82) is 0 Å². The van der Waals surface area contributed by atoms with Gasteiger partial charge in [-0.25, -0.2) is 4.79 Å². The first-order valence-corrected chi connectivity index (χ1v) is 10.1. The Balaban J connectivity index is 2.03. The molecule has 0 fully saturated rings. The lowest BCUT2D eigenvalue weighted by Gasteiger charge is -2.09. The zero-order chi connectivity index (χ0) is 19.0. The van der Waals surface area contributed by atoms with E-state index in [1.165, 1.54) is 24.3 Å². The minimum absolute atomic E-state index is 0.00171. The maximum Gasteiger partial charge on any atom is 0.339 e. The van der Waals surface area contributed by atoms with Gasteiger partial charge in [-0.05, 0) is 48.4 Å². The highest BCUT2D eigenvalue weighted by Crippen LogP contribution is 2.21. The van der Waals surface area contributed by atoms with E-state index in [1.807, 2.05) is 12.1 Å². The second-order valence-electron chi connectivity index (χ2n) is 5.53. The summed E-state index contributed by atoms with van der Waals surface area (Å²) in [6.07, 6.45) is 1.95. The van der Waals surface area contributed by atoms with Crippen molar-refractivity contribution in [2.75, 3.05) is 17.7 Å². The Kier molecular flexibility index (Phi) is 7.29. The number of aryl methyl sites for hydroxylation is 1. The van der Waals surface area contributed by atoms with E-state index < -0.39 is 16.1 Å². The summed E-state index contributed by atoms with van der Waals surface area (Å²) >= 11 is 5.49. The number of carbonyl (C=O) groups is 1. The van der Waals surface area contributed by atoms with Gasteiger partial charge in [0.25, 0.3) is 0 Å². The smallest absolute Gasteiger partial charge is 0.339 e. The molecule has 2 rings (SSSR count). The Morgan fingerprint density at radius 1 is 1.08 bits per heavy atom. The largest absolute Gasteiger partial charge is 0.379 e. The molecule has 0 aromatic heterocycles. The molecule has 2 aromatic carbocycles. The van der Waals surface area contributed by atoms with Crippen molar-refractivity contribution in [2.45, 2.75) is 24.7 Å². The van der Waals surface area contributed by atoms with Gasteiger partial charge in [-0.15, -0.1) is 11.6 Å². The molecular weight excluding hydrogens is 376 g/mol. The zero-order valence-electron chi connectivity index (χ0n) is 14.4. The van der Waals surface area contributed by atoms with Crippen LogP contribution in [0.25, 0.3) is 0 Å². The summed E-state index contributed by atoms with van der Waals surface area (Å²) in [6.45, 7) is 2.42. The summed E-state index contributed by atoms with van der Waals surface area (Å²) < 4.78 is 29.9. The van der Waals surface area contributed by atoms with Crippen molar-refractivity contribution >= 4 is 33.4 Å². The number of amides is 2. The molecule has 0 aliphatic rings. The molecule has 26 heavy (non-hydrogen) atoms. The fraction of sp³-hybridized carbons (Fsp3) is 0.278. The van der Waals surface area contributed by atoms with E-state index in [-0.39, 0.29) is 10.6 Å². The predicted octanol–water partition coefficient (Wildman–Crippen LogP) is 3.77. The normalized spacial score (nSPS) is 11.0. The number of halogens is 1. The zero-order valence-corrected chi connectivity index (χ0v) is 15.9. The van der Waals surface area contributed by atoms with Crippen LogP contribution in [0.15, 0.2) is 53.4 Å². The van der Waals surface area contributed by atoms with E-state index in [0.29, 0.717) is 18.1 Å². The Hall–Kier alpha value is -2.25. The molecule has 8 heteroatoms. The van der Waals surface area contributed by atoms with Crippen LogP contribution in [0.5, 0.6) is 5.75 Å². The summed E-state index contributed by atoms with van der Waals surface area (Å²) in [5.41, 5.74) is 1.58. The number of rotatable bonds is 8. The molecule has 0 aliphatic carbocycles. The van der Waals surface area contributed by atoms with Crippen LogP contribution in [0.3, 0.4) is 0 Å². The van der Waals surface area contributed by atoms with Crippen molar-refractivity contribution in [3.05, 3.63) is 54.1 Å². The number of nitrogens with one attached hydrogen (secondary N) is 2. The number of anilines is 1. The molecule has 0 spiro atoms. The van der Waals surface area contributed by atoms with Crippen molar-refractivity contribution < 1.29 is 17.4 Å². The van der Waals surface area contributed by atoms with Gasteiger partial charge in [0.2, 0.25) is 0 Å². The highest BCUT2D eigenvalue weighted by atomic mass is 35.5. The van der Waals surface area contributed by atoms with Gasteiger partial charge in [0.05, 0.1) is 0 Å². The SMILES string of the molecule is CCCc1ccc(OS(=O)(=O)c2ccc(NC(=O)NCCCl)cc2)cc1. The van der Waals surface area contributed by atoms with E-state index in [4.69, 9.17) is 15.8 Å². The number of carbonyl (C=O) groups excluding carboxylic acids is 1. The number of urea groups is 1. The van der Waals surface area contributed by atoms with Crippen molar-refractivity contribution in [3.8, 4) is 5.75 Å². The molecule has 0 aliphatic heterocycles. The van der Waals surface area contributed by atoms with Gasteiger partial charge in [-0.1, -0.05) is 25.5 Å². The molecule has 140 valence electrons. The van der Waals surface area contributed by atoms with Gasteiger partial charge in [0.15, 0.2) is 0 Å². The minimum Gasteiger partial charge on any atom is -0.379 e. The van der Waals surface area contributed by atoms with Crippen LogP contribution in [0.4, 0.5) is 10.5 Å². The molecule has 0 atom stereocenters. The molecule has 0 saturated carbocycles. The standard InChI is InChI=1S/C18H21ClN2O4S/c1-2-3-14-4-8-16(9-5-14)25-26(23,24)17-10-6-15(7-11-17)21-18(22)20-13-12-19/h4-11H,2-3,12-13H2,1H3,(H2,20,21,22). The van der Waals surface area contributed by atoms with Crippen molar-refractivity contribution in [2.24, 2.45) is 0 Å². The summed E-state index contributed by atoms with van der Waals surface area (Å²) in [5.74, 6) is 0.564. The predicted molar refractivity (Wildman–Crippen MR) is 102 cm³/mol. The summed E-state index contributed by atoms with van der Waals surface area (Å²) in [4.78, 5) is 11.5. The summed E-state index contributed by atoms with van der Waals surface area (Å²) in [6, 6.07) is 12.3. The molecule has 2 N–H and O–H groups in total. The molecule has 2 amide bonds. The lowest BCUT2D eigenvalue weighted by atomic mass is 10.1. The van der Waals surface area contributed by atoms with E-state index in [1.54, 1.807) is 12.1 Å². The van der Waals surface area contributed by atoms with E-state index in [0.717, 1.165) is 18.4 Å². The molecule has 6 nitrogen and oxygen atoms in total. The van der Waals surface area contributed by atoms with Gasteiger partial charge < -0.3 is 14.8 Å². The molecule has 0 heterocycles. The average molecular weight is 397 g/mol. The summed E-state index contributed by atoms with van der Waals surface area (Å²) in [5, 5.41) is 5.13. The highest BCUT2D eigenvalue weighted by molar-refractivity contribution is 7.87. The fourth-order valence-electron chi connectivity index (χ4n) is 2.22. The molecule has 0 radical (unpaired) electrons. The van der Waals surface area contributed by atoms with Gasteiger partial charge >= 0.3 is 16.1 Å². The van der Waals surface area contributed by atoms with Crippen LogP contribution in [0, 0.1) is 0 Å². The van der Waals surface area contributed by atoms with Crippen molar-refractivity contribution in [3.63, 3.8) is 0 Å². The average Bonchev–Trinajstić information content (AvgIpc) is 2.62. The Morgan fingerprint density at radius 3 is 2.31 bits per heavy atom. The second-order valence-corrected chi connectivity index (χ2v) is 7.45. The first kappa shape index (κ1) is 20.1. The van der Waals surface area contributed by atoms with Crippen LogP contribution in [-0.2, 0) is 16.5 Å². The van der Waals surface area contributed by atoms with E-state index >= 15 is 0 Å². The lowest BCUT2D eigenvalue weighted by molar-refractivity contribution is 0.252. The fourth-order valence-corrected chi connectivity index (χ4v) is 3.24. The number of hydrogen-bond donors (Lipinski definition) is 2. The maximum atomic E-state index is 12.4. The quantitative estimate of drug-likeness (QED) is 0.525. The van der Waals surface area contributed by atoms with Crippen LogP contribution in [0.1, 0.15) is 18.9 Å². The molecule has 2 aromatic rings. The minimum atomic E-state index is -3.94. The van der Waals surface area contributed by atoms with Crippen LogP contribution < -0.4 is 14.8 Å². The third-order valence-electron chi connectivity index (χ3n) is 3.45.